The lowest BCUT2D eigenvalue weighted by molar-refractivity contribution is 0.423. The van der Waals surface area contributed by atoms with Crippen LogP contribution in [0.15, 0.2) is 0 Å². The first-order chi connectivity index (χ1) is 7.32. The molecule has 1 atom stereocenters. The number of nitrogens with zero attached hydrogens (tertiary/aromatic N) is 2. The van der Waals surface area contributed by atoms with Gasteiger partial charge in [-0.1, -0.05) is 34.6 Å². The van der Waals surface area contributed by atoms with Gasteiger partial charge in [-0.25, -0.2) is 0 Å². The summed E-state index contributed by atoms with van der Waals surface area (Å²) < 4.78 is 1.93. The maximum absolute atomic E-state index is 10.3. The highest BCUT2D eigenvalue weighted by molar-refractivity contribution is 5.38. The average Bonchev–Trinajstić information content (AvgIpc) is 2.53. The number of rotatable bonds is 3. The molecule has 0 aliphatic heterocycles. The minimum absolute atomic E-state index is 0.0706. The van der Waals surface area contributed by atoms with Crippen molar-refractivity contribution in [1.29, 1.82) is 0 Å². The number of aryl methyl sites for hydroxylation is 1. The van der Waals surface area contributed by atoms with Gasteiger partial charge in [-0.05, 0) is 13.3 Å². The van der Waals surface area contributed by atoms with Crippen molar-refractivity contribution in [3.63, 3.8) is 0 Å². The minimum Gasteiger partial charge on any atom is -0.504 e. The molecule has 0 aliphatic carbocycles. The highest BCUT2D eigenvalue weighted by Crippen LogP contribution is 2.37. The number of aromatic nitrogens is 2. The van der Waals surface area contributed by atoms with Crippen LogP contribution in [0, 0.1) is 0 Å². The third kappa shape index (κ3) is 2.23. The predicted octanol–water partition coefficient (Wildman–Crippen LogP) is 3.42. The van der Waals surface area contributed by atoms with Crippen LogP contribution in [0.5, 0.6) is 5.75 Å². The highest BCUT2D eigenvalue weighted by Gasteiger charge is 2.28. The van der Waals surface area contributed by atoms with Crippen LogP contribution in [0.3, 0.4) is 0 Å². The van der Waals surface area contributed by atoms with Gasteiger partial charge < -0.3 is 5.11 Å². The van der Waals surface area contributed by atoms with Gasteiger partial charge in [0.1, 0.15) is 5.69 Å². The Labute approximate surface area is 98.5 Å². The molecule has 92 valence electrons. The Balaban J connectivity index is 3.33. The number of aromatic hydroxyl groups is 1. The van der Waals surface area contributed by atoms with Crippen molar-refractivity contribution in [2.45, 2.75) is 65.8 Å². The van der Waals surface area contributed by atoms with Crippen LogP contribution in [0.1, 0.15) is 65.3 Å². The van der Waals surface area contributed by atoms with Crippen molar-refractivity contribution in [2.24, 2.45) is 0 Å². The Bertz CT molecular complexity index is 361. The second-order valence-corrected chi connectivity index (χ2v) is 5.46. The second-order valence-electron chi connectivity index (χ2n) is 5.46. The largest absolute Gasteiger partial charge is 0.504 e. The van der Waals surface area contributed by atoms with Crippen LogP contribution in [0.4, 0.5) is 0 Å². The summed E-state index contributed by atoms with van der Waals surface area (Å²) in [5.41, 5.74) is 1.72. The molecular weight excluding hydrogens is 200 g/mol. The van der Waals surface area contributed by atoms with Gasteiger partial charge in [0.25, 0.3) is 0 Å². The Morgan fingerprint density at radius 3 is 2.19 bits per heavy atom. The third-order valence-corrected chi connectivity index (χ3v) is 3.04. The highest BCUT2D eigenvalue weighted by atomic mass is 16.3. The Morgan fingerprint density at radius 2 is 1.88 bits per heavy atom. The molecule has 0 aliphatic rings. The Kier molecular flexibility index (Phi) is 3.66. The van der Waals surface area contributed by atoms with E-state index >= 15 is 0 Å². The first kappa shape index (κ1) is 13.1. The zero-order valence-electron chi connectivity index (χ0n) is 11.3. The van der Waals surface area contributed by atoms with E-state index in [1.54, 1.807) is 0 Å². The topological polar surface area (TPSA) is 38.0 Å². The SMILES string of the molecule is CCC(C)c1nn(CC)c(C(C)(C)C)c1O. The zero-order chi connectivity index (χ0) is 12.5. The molecule has 3 heteroatoms. The normalized spacial score (nSPS) is 14.1. The molecule has 0 bridgehead atoms. The second kappa shape index (κ2) is 4.48. The van der Waals surface area contributed by atoms with E-state index < -0.39 is 0 Å². The van der Waals surface area contributed by atoms with E-state index in [4.69, 9.17) is 0 Å². The van der Waals surface area contributed by atoms with Crippen molar-refractivity contribution in [2.75, 3.05) is 0 Å². The molecule has 16 heavy (non-hydrogen) atoms. The molecule has 0 spiro atoms. The summed E-state index contributed by atoms with van der Waals surface area (Å²) in [6.07, 6.45) is 0.998. The van der Waals surface area contributed by atoms with Crippen molar-refractivity contribution in [3.8, 4) is 5.75 Å². The summed E-state index contributed by atoms with van der Waals surface area (Å²) >= 11 is 0. The molecule has 0 radical (unpaired) electrons. The first-order valence-electron chi connectivity index (χ1n) is 6.13. The van der Waals surface area contributed by atoms with Gasteiger partial charge in [-0.15, -0.1) is 0 Å². The Hall–Kier alpha value is -0.990. The van der Waals surface area contributed by atoms with Crippen LogP contribution < -0.4 is 0 Å². The van der Waals surface area contributed by atoms with Gasteiger partial charge in [0.05, 0.1) is 5.69 Å². The van der Waals surface area contributed by atoms with Gasteiger partial charge in [0.15, 0.2) is 5.75 Å². The molecule has 0 saturated heterocycles. The maximum atomic E-state index is 10.3. The van der Waals surface area contributed by atoms with Crippen LogP contribution in [0.2, 0.25) is 0 Å². The predicted molar refractivity (Wildman–Crippen MR) is 67.0 cm³/mol. The molecule has 1 aromatic rings. The summed E-state index contributed by atoms with van der Waals surface area (Å²) in [5.74, 6) is 0.706. The quantitative estimate of drug-likeness (QED) is 0.854. The number of hydrogen-bond donors (Lipinski definition) is 1. The molecule has 3 nitrogen and oxygen atoms in total. The first-order valence-corrected chi connectivity index (χ1v) is 6.13. The van der Waals surface area contributed by atoms with Crippen LogP contribution >= 0.6 is 0 Å². The molecule has 0 amide bonds. The maximum Gasteiger partial charge on any atom is 0.160 e. The van der Waals surface area contributed by atoms with Crippen molar-refractivity contribution in [1.82, 2.24) is 9.78 Å². The monoisotopic (exact) mass is 224 g/mol. The molecular formula is C13H24N2O. The van der Waals surface area contributed by atoms with E-state index in [9.17, 15) is 5.11 Å². The standard InChI is InChI=1S/C13H24N2O/c1-7-9(3)10-11(16)12(13(4,5)6)15(8-2)14-10/h9,16H,7-8H2,1-6H3. The summed E-state index contributed by atoms with van der Waals surface area (Å²) in [6.45, 7) is 13.4. The molecule has 1 heterocycles. The fourth-order valence-corrected chi connectivity index (χ4v) is 1.97. The summed E-state index contributed by atoms with van der Waals surface area (Å²) in [5, 5.41) is 14.8. The molecule has 0 fully saturated rings. The van der Waals surface area contributed by atoms with Crippen LogP contribution in [0.25, 0.3) is 0 Å². The third-order valence-electron chi connectivity index (χ3n) is 3.04. The molecule has 1 aromatic heterocycles. The van der Waals surface area contributed by atoms with Crippen molar-refractivity contribution in [3.05, 3.63) is 11.4 Å². The summed E-state index contributed by atoms with van der Waals surface area (Å²) in [7, 11) is 0. The van der Waals surface area contributed by atoms with Crippen LogP contribution in [-0.4, -0.2) is 14.9 Å². The van der Waals surface area contributed by atoms with E-state index in [2.05, 4.69) is 46.6 Å². The van der Waals surface area contributed by atoms with Crippen LogP contribution in [-0.2, 0) is 12.0 Å². The fraction of sp³-hybridized carbons (Fsp3) is 0.769. The lowest BCUT2D eigenvalue weighted by Crippen LogP contribution is -2.18. The fourth-order valence-electron chi connectivity index (χ4n) is 1.97. The van der Waals surface area contributed by atoms with Gasteiger partial charge in [-0.3, -0.25) is 4.68 Å². The smallest absolute Gasteiger partial charge is 0.160 e. The van der Waals surface area contributed by atoms with Gasteiger partial charge in [0, 0.05) is 17.9 Å². The lowest BCUT2D eigenvalue weighted by atomic mass is 9.90. The molecule has 0 saturated carbocycles. The molecule has 0 aromatic carbocycles. The lowest BCUT2D eigenvalue weighted by Gasteiger charge is -2.20. The van der Waals surface area contributed by atoms with Crippen molar-refractivity contribution >= 4 is 0 Å². The summed E-state index contributed by atoms with van der Waals surface area (Å²) in [6, 6.07) is 0. The van der Waals surface area contributed by atoms with E-state index in [0.29, 0.717) is 11.7 Å². The molecule has 1 rings (SSSR count). The zero-order valence-corrected chi connectivity index (χ0v) is 11.3. The molecule has 1 N–H and O–H groups in total. The van der Waals surface area contributed by atoms with Gasteiger partial charge >= 0.3 is 0 Å². The Morgan fingerprint density at radius 1 is 1.31 bits per heavy atom. The summed E-state index contributed by atoms with van der Waals surface area (Å²) in [4.78, 5) is 0. The molecule has 1 unspecified atom stereocenters. The van der Waals surface area contributed by atoms with E-state index in [-0.39, 0.29) is 5.41 Å². The van der Waals surface area contributed by atoms with Gasteiger partial charge in [-0.2, -0.15) is 5.10 Å². The van der Waals surface area contributed by atoms with E-state index in [1.165, 1.54) is 0 Å². The van der Waals surface area contributed by atoms with Crippen molar-refractivity contribution < 1.29 is 5.11 Å². The minimum atomic E-state index is -0.0706. The number of hydrogen-bond acceptors (Lipinski definition) is 2. The van der Waals surface area contributed by atoms with E-state index in [1.807, 2.05) is 4.68 Å². The van der Waals surface area contributed by atoms with Gasteiger partial charge in [0.2, 0.25) is 0 Å². The average molecular weight is 224 g/mol. The van der Waals surface area contributed by atoms with E-state index in [0.717, 1.165) is 24.4 Å².